The zero-order valence-corrected chi connectivity index (χ0v) is 7.30. The molecule has 0 aliphatic carbocycles. The van der Waals surface area contributed by atoms with Gasteiger partial charge in [-0.2, -0.15) is 0 Å². The van der Waals surface area contributed by atoms with E-state index < -0.39 is 0 Å². The molecule has 1 heterocycles. The van der Waals surface area contributed by atoms with Crippen molar-refractivity contribution in [1.82, 2.24) is 0 Å². The van der Waals surface area contributed by atoms with Gasteiger partial charge in [0.2, 0.25) is 5.12 Å². The van der Waals surface area contributed by atoms with Crippen molar-refractivity contribution in [2.75, 3.05) is 5.75 Å². The Balaban J connectivity index is 2.38. The van der Waals surface area contributed by atoms with Crippen LogP contribution in [0.25, 0.3) is 5.57 Å². The molecule has 1 aliphatic heterocycles. The second kappa shape index (κ2) is 3.15. The van der Waals surface area contributed by atoms with Crippen LogP contribution in [0.15, 0.2) is 36.4 Å². The summed E-state index contributed by atoms with van der Waals surface area (Å²) in [4.78, 5) is 11.3. The molecule has 0 fully saturated rings. The molecule has 2 rings (SSSR count). The van der Waals surface area contributed by atoms with Crippen molar-refractivity contribution in [2.24, 2.45) is 0 Å². The highest BCUT2D eigenvalue weighted by Gasteiger charge is 2.16. The molecule has 0 saturated carbocycles. The zero-order valence-electron chi connectivity index (χ0n) is 6.49. The smallest absolute Gasteiger partial charge is 0.219 e. The van der Waals surface area contributed by atoms with Crippen LogP contribution in [0, 0.1) is 0 Å². The molecule has 0 unspecified atom stereocenters. The van der Waals surface area contributed by atoms with Crippen molar-refractivity contribution in [3.63, 3.8) is 0 Å². The van der Waals surface area contributed by atoms with E-state index in [1.165, 1.54) is 11.8 Å². The Kier molecular flexibility index (Phi) is 2.00. The van der Waals surface area contributed by atoms with Gasteiger partial charge in [0.15, 0.2) is 0 Å². The molecule has 1 aliphatic rings. The first-order valence-corrected chi connectivity index (χ1v) is 4.79. The molecular formula is C10H8OS. The highest BCUT2D eigenvalue weighted by Crippen LogP contribution is 2.27. The van der Waals surface area contributed by atoms with Crippen molar-refractivity contribution < 1.29 is 4.79 Å². The lowest BCUT2D eigenvalue weighted by molar-refractivity contribution is -0.106. The van der Waals surface area contributed by atoms with E-state index in [1.54, 1.807) is 0 Å². The van der Waals surface area contributed by atoms with E-state index >= 15 is 0 Å². The van der Waals surface area contributed by atoms with E-state index in [0.717, 1.165) is 16.9 Å². The van der Waals surface area contributed by atoms with Crippen LogP contribution in [-0.2, 0) is 4.79 Å². The van der Waals surface area contributed by atoms with Crippen molar-refractivity contribution in [1.29, 1.82) is 0 Å². The Morgan fingerprint density at radius 1 is 1.17 bits per heavy atom. The maximum absolute atomic E-state index is 11.3. The van der Waals surface area contributed by atoms with Gasteiger partial charge < -0.3 is 0 Å². The molecule has 12 heavy (non-hydrogen) atoms. The lowest BCUT2D eigenvalue weighted by atomic mass is 10.1. The number of hydrogen-bond donors (Lipinski definition) is 0. The van der Waals surface area contributed by atoms with E-state index in [9.17, 15) is 4.79 Å². The fourth-order valence-corrected chi connectivity index (χ4v) is 1.97. The highest BCUT2D eigenvalue weighted by molar-refractivity contribution is 8.15. The van der Waals surface area contributed by atoms with E-state index in [2.05, 4.69) is 0 Å². The molecule has 1 aromatic rings. The fourth-order valence-electron chi connectivity index (χ4n) is 1.22. The summed E-state index contributed by atoms with van der Waals surface area (Å²) < 4.78 is 0. The number of thioether (sulfide) groups is 1. The van der Waals surface area contributed by atoms with Crippen LogP contribution in [0.4, 0.5) is 0 Å². The third-order valence-corrected chi connectivity index (χ3v) is 2.62. The third-order valence-electron chi connectivity index (χ3n) is 1.81. The van der Waals surface area contributed by atoms with Crippen LogP contribution in [-0.4, -0.2) is 10.9 Å². The Labute approximate surface area is 75.5 Å². The van der Waals surface area contributed by atoms with Crippen molar-refractivity contribution >= 4 is 22.5 Å². The first-order chi connectivity index (χ1) is 5.88. The molecular weight excluding hydrogens is 168 g/mol. The summed E-state index contributed by atoms with van der Waals surface area (Å²) in [5.41, 5.74) is 1.90. The normalized spacial score (nSPS) is 16.3. The van der Waals surface area contributed by atoms with Crippen LogP contribution in [0.2, 0.25) is 0 Å². The standard InChI is InChI=1S/C10H8OS/c11-10-9(6-7-12-10)8-4-2-1-3-5-8/h1-6H,7H2. The molecule has 1 nitrogen and oxygen atoms in total. The topological polar surface area (TPSA) is 17.1 Å². The van der Waals surface area contributed by atoms with Gasteiger partial charge in [0, 0.05) is 11.3 Å². The van der Waals surface area contributed by atoms with Crippen LogP contribution in [0.3, 0.4) is 0 Å². The zero-order chi connectivity index (χ0) is 8.39. The van der Waals surface area contributed by atoms with Crippen molar-refractivity contribution in [3.8, 4) is 0 Å². The molecule has 1 aromatic carbocycles. The second-order valence-corrected chi connectivity index (χ2v) is 3.58. The summed E-state index contributed by atoms with van der Waals surface area (Å²) in [6.45, 7) is 0. The maximum atomic E-state index is 11.3. The van der Waals surface area contributed by atoms with E-state index in [0.29, 0.717) is 0 Å². The predicted molar refractivity (Wildman–Crippen MR) is 51.9 cm³/mol. The molecule has 0 aromatic heterocycles. The van der Waals surface area contributed by atoms with Crippen LogP contribution >= 0.6 is 11.8 Å². The summed E-state index contributed by atoms with van der Waals surface area (Å²) in [6, 6.07) is 9.79. The number of carbonyl (C=O) groups excluding carboxylic acids is 1. The molecule has 0 N–H and O–H groups in total. The van der Waals surface area contributed by atoms with Crippen LogP contribution in [0.5, 0.6) is 0 Å². The summed E-state index contributed by atoms with van der Waals surface area (Å²) in [6.07, 6.45) is 1.99. The summed E-state index contributed by atoms with van der Waals surface area (Å²) in [7, 11) is 0. The molecule has 60 valence electrons. The van der Waals surface area contributed by atoms with Gasteiger partial charge >= 0.3 is 0 Å². The number of hydrogen-bond acceptors (Lipinski definition) is 2. The van der Waals surface area contributed by atoms with Gasteiger partial charge in [0.1, 0.15) is 0 Å². The lowest BCUT2D eigenvalue weighted by Crippen LogP contribution is -1.89. The van der Waals surface area contributed by atoms with Crippen LogP contribution in [0.1, 0.15) is 5.56 Å². The van der Waals surface area contributed by atoms with Gasteiger partial charge in [-0.25, -0.2) is 0 Å². The number of carbonyl (C=O) groups is 1. The van der Waals surface area contributed by atoms with Gasteiger partial charge in [-0.15, -0.1) is 0 Å². The first-order valence-electron chi connectivity index (χ1n) is 3.80. The summed E-state index contributed by atoms with van der Waals surface area (Å²) in [5, 5.41) is 0.196. The minimum absolute atomic E-state index is 0.196. The molecule has 2 heteroatoms. The van der Waals surface area contributed by atoms with E-state index in [-0.39, 0.29) is 5.12 Å². The monoisotopic (exact) mass is 176 g/mol. The second-order valence-electron chi connectivity index (χ2n) is 2.58. The first kappa shape index (κ1) is 7.62. The average Bonchev–Trinajstić information content (AvgIpc) is 2.53. The number of benzene rings is 1. The Bertz CT molecular complexity index is 327. The Morgan fingerprint density at radius 2 is 1.92 bits per heavy atom. The van der Waals surface area contributed by atoms with E-state index in [1.807, 2.05) is 36.4 Å². The molecule has 0 radical (unpaired) electrons. The maximum Gasteiger partial charge on any atom is 0.219 e. The lowest BCUT2D eigenvalue weighted by Gasteiger charge is -1.97. The Morgan fingerprint density at radius 3 is 2.50 bits per heavy atom. The van der Waals surface area contributed by atoms with Gasteiger partial charge in [-0.1, -0.05) is 48.2 Å². The summed E-state index contributed by atoms with van der Waals surface area (Å²) >= 11 is 1.37. The molecule has 0 amide bonds. The Hall–Kier alpha value is -1.02. The number of rotatable bonds is 1. The minimum Gasteiger partial charge on any atom is -0.282 e. The van der Waals surface area contributed by atoms with Crippen molar-refractivity contribution in [2.45, 2.75) is 0 Å². The summed E-state index contributed by atoms with van der Waals surface area (Å²) in [5.74, 6) is 0.822. The quantitative estimate of drug-likeness (QED) is 0.653. The van der Waals surface area contributed by atoms with Crippen LogP contribution < -0.4 is 0 Å². The average molecular weight is 176 g/mol. The van der Waals surface area contributed by atoms with Gasteiger partial charge in [-0.05, 0) is 5.56 Å². The van der Waals surface area contributed by atoms with E-state index in [4.69, 9.17) is 0 Å². The molecule has 0 saturated heterocycles. The van der Waals surface area contributed by atoms with Gasteiger partial charge in [-0.3, -0.25) is 4.79 Å². The highest BCUT2D eigenvalue weighted by atomic mass is 32.2. The van der Waals surface area contributed by atoms with Crippen molar-refractivity contribution in [3.05, 3.63) is 42.0 Å². The molecule has 0 spiro atoms. The SMILES string of the molecule is O=C1SCC=C1c1ccccc1. The van der Waals surface area contributed by atoms with Gasteiger partial charge in [0.25, 0.3) is 0 Å². The third kappa shape index (κ3) is 1.30. The minimum atomic E-state index is 0.196. The predicted octanol–water partition coefficient (Wildman–Crippen LogP) is 2.34. The molecule has 0 bridgehead atoms. The molecule has 0 atom stereocenters. The van der Waals surface area contributed by atoms with Gasteiger partial charge in [0.05, 0.1) is 0 Å². The fraction of sp³-hybridized carbons (Fsp3) is 0.100. The largest absolute Gasteiger partial charge is 0.282 e.